The normalized spacial score (nSPS) is 25.5. The first-order valence-electron chi connectivity index (χ1n) is 8.56. The second kappa shape index (κ2) is 5.23. The second-order valence-corrected chi connectivity index (χ2v) is 7.23. The zero-order chi connectivity index (χ0) is 17.0. The van der Waals surface area contributed by atoms with Gasteiger partial charge in [0.15, 0.2) is 0 Å². The summed E-state index contributed by atoms with van der Waals surface area (Å²) in [7, 11) is 0. The largest absolute Gasteiger partial charge is 0.508 e. The molecule has 0 unspecified atom stereocenters. The summed E-state index contributed by atoms with van der Waals surface area (Å²) in [6, 6.07) is 10.3. The Bertz CT molecular complexity index is 1020. The lowest BCUT2D eigenvalue weighted by atomic mass is 9.66. The zero-order valence-corrected chi connectivity index (χ0v) is 13.7. The van der Waals surface area contributed by atoms with Crippen molar-refractivity contribution in [1.29, 1.82) is 0 Å². The number of aromatic hydroxyl groups is 1. The Morgan fingerprint density at radius 1 is 1.08 bits per heavy atom. The molecule has 2 aromatic carbocycles. The van der Waals surface area contributed by atoms with Crippen molar-refractivity contribution in [3.8, 4) is 11.5 Å². The molecule has 0 amide bonds. The summed E-state index contributed by atoms with van der Waals surface area (Å²) in [4.78, 5) is 12.3. The highest BCUT2D eigenvalue weighted by molar-refractivity contribution is 6.04. The molecule has 128 valence electrons. The van der Waals surface area contributed by atoms with Gasteiger partial charge in [-0.15, -0.1) is 0 Å². The standard InChI is InChI=1S/C20H18O5/c21-12-1-3-16-15-4-2-13(8-17(15)19(22)25-18(16)7-12)24-14-9-20(10-14)5-6-23-11-20/h1-4,7-8,14,21H,5-6,9-11H2. The van der Waals surface area contributed by atoms with Crippen molar-refractivity contribution in [3.05, 3.63) is 46.8 Å². The van der Waals surface area contributed by atoms with E-state index in [9.17, 15) is 9.90 Å². The molecule has 1 saturated carbocycles. The van der Waals surface area contributed by atoms with E-state index in [1.165, 1.54) is 6.07 Å². The molecular weight excluding hydrogens is 320 g/mol. The summed E-state index contributed by atoms with van der Waals surface area (Å²) >= 11 is 0. The average Bonchev–Trinajstić information content (AvgIpc) is 3.04. The number of rotatable bonds is 2. The lowest BCUT2D eigenvalue weighted by Gasteiger charge is -2.43. The smallest absolute Gasteiger partial charge is 0.344 e. The van der Waals surface area contributed by atoms with Crippen molar-refractivity contribution in [3.63, 3.8) is 0 Å². The third-order valence-corrected chi connectivity index (χ3v) is 5.48. The highest BCUT2D eigenvalue weighted by Crippen LogP contribution is 2.48. The van der Waals surface area contributed by atoms with E-state index in [2.05, 4.69) is 0 Å². The second-order valence-electron chi connectivity index (χ2n) is 7.23. The molecule has 1 saturated heterocycles. The first-order valence-corrected chi connectivity index (χ1v) is 8.56. The Morgan fingerprint density at radius 2 is 1.92 bits per heavy atom. The van der Waals surface area contributed by atoms with Gasteiger partial charge in [-0.05, 0) is 49.6 Å². The number of benzene rings is 2. The molecule has 5 nitrogen and oxygen atoms in total. The molecule has 1 spiro atoms. The Morgan fingerprint density at radius 3 is 2.72 bits per heavy atom. The van der Waals surface area contributed by atoms with E-state index in [1.54, 1.807) is 18.2 Å². The van der Waals surface area contributed by atoms with Gasteiger partial charge in [-0.3, -0.25) is 0 Å². The molecule has 0 atom stereocenters. The highest BCUT2D eigenvalue weighted by atomic mass is 16.5. The van der Waals surface area contributed by atoms with Crippen LogP contribution >= 0.6 is 0 Å². The molecule has 0 radical (unpaired) electrons. The molecule has 1 aliphatic heterocycles. The maximum atomic E-state index is 12.3. The van der Waals surface area contributed by atoms with Gasteiger partial charge in [-0.25, -0.2) is 4.79 Å². The molecule has 5 rings (SSSR count). The van der Waals surface area contributed by atoms with Gasteiger partial charge in [0.05, 0.1) is 18.1 Å². The number of ether oxygens (including phenoxy) is 2. The average molecular weight is 338 g/mol. The number of hydrogen-bond acceptors (Lipinski definition) is 5. The Balaban J connectivity index is 1.47. The van der Waals surface area contributed by atoms with Gasteiger partial charge in [0, 0.05) is 28.9 Å². The summed E-state index contributed by atoms with van der Waals surface area (Å²) in [5.74, 6) is 0.765. The summed E-state index contributed by atoms with van der Waals surface area (Å²) < 4.78 is 16.9. The third kappa shape index (κ3) is 2.38. The van der Waals surface area contributed by atoms with Crippen molar-refractivity contribution in [2.45, 2.75) is 25.4 Å². The molecule has 2 fully saturated rings. The van der Waals surface area contributed by atoms with E-state index in [4.69, 9.17) is 13.9 Å². The first-order chi connectivity index (χ1) is 12.1. The molecule has 3 aromatic rings. The van der Waals surface area contributed by atoms with Gasteiger partial charge in [0.2, 0.25) is 0 Å². The van der Waals surface area contributed by atoms with Crippen molar-refractivity contribution in [2.75, 3.05) is 13.2 Å². The Hall–Kier alpha value is -2.53. The topological polar surface area (TPSA) is 68.9 Å². The minimum absolute atomic E-state index is 0.0739. The van der Waals surface area contributed by atoms with Gasteiger partial charge in [-0.2, -0.15) is 0 Å². The van der Waals surface area contributed by atoms with Crippen LogP contribution in [0.2, 0.25) is 0 Å². The number of phenolic OH excluding ortho intramolecular Hbond substituents is 1. The van der Waals surface area contributed by atoms with Crippen LogP contribution in [0.3, 0.4) is 0 Å². The monoisotopic (exact) mass is 338 g/mol. The highest BCUT2D eigenvalue weighted by Gasteiger charge is 2.48. The molecule has 2 aliphatic rings. The fraction of sp³-hybridized carbons (Fsp3) is 0.350. The lowest BCUT2D eigenvalue weighted by molar-refractivity contribution is -0.0202. The van der Waals surface area contributed by atoms with Gasteiger partial charge < -0.3 is 19.0 Å². The van der Waals surface area contributed by atoms with Crippen LogP contribution in [0.1, 0.15) is 19.3 Å². The van der Waals surface area contributed by atoms with Crippen molar-refractivity contribution >= 4 is 21.7 Å². The molecule has 5 heteroatoms. The molecule has 25 heavy (non-hydrogen) atoms. The van der Waals surface area contributed by atoms with E-state index < -0.39 is 5.63 Å². The summed E-state index contributed by atoms with van der Waals surface area (Å²) in [6.45, 7) is 1.69. The van der Waals surface area contributed by atoms with Crippen molar-refractivity contribution < 1.29 is 19.0 Å². The van der Waals surface area contributed by atoms with Crippen LogP contribution in [-0.4, -0.2) is 24.4 Å². The SMILES string of the molecule is O=c1oc2cc(O)ccc2c2ccc(OC3CC4(CCOC4)C3)cc12. The van der Waals surface area contributed by atoms with Crippen LogP contribution in [0.4, 0.5) is 0 Å². The molecule has 2 heterocycles. The Labute approximate surface area is 143 Å². The minimum Gasteiger partial charge on any atom is -0.508 e. The van der Waals surface area contributed by atoms with Gasteiger partial charge in [0.25, 0.3) is 0 Å². The van der Waals surface area contributed by atoms with E-state index in [-0.39, 0.29) is 11.9 Å². The predicted molar refractivity (Wildman–Crippen MR) is 93.2 cm³/mol. The Kier molecular flexibility index (Phi) is 3.09. The third-order valence-electron chi connectivity index (χ3n) is 5.48. The van der Waals surface area contributed by atoms with Crippen LogP contribution in [-0.2, 0) is 4.74 Å². The van der Waals surface area contributed by atoms with Crippen LogP contribution in [0, 0.1) is 5.41 Å². The van der Waals surface area contributed by atoms with Gasteiger partial charge >= 0.3 is 5.63 Å². The maximum absolute atomic E-state index is 12.3. The fourth-order valence-electron chi connectivity index (χ4n) is 4.13. The number of phenols is 1. The molecule has 0 bridgehead atoms. The van der Waals surface area contributed by atoms with Gasteiger partial charge in [0.1, 0.15) is 17.1 Å². The number of hydrogen-bond donors (Lipinski definition) is 1. The van der Waals surface area contributed by atoms with E-state index in [1.807, 2.05) is 12.1 Å². The minimum atomic E-state index is -0.423. The van der Waals surface area contributed by atoms with E-state index in [0.717, 1.165) is 43.2 Å². The summed E-state index contributed by atoms with van der Waals surface area (Å²) in [5.41, 5.74) is 0.278. The molecular formula is C20H18O5. The summed E-state index contributed by atoms with van der Waals surface area (Å²) in [5, 5.41) is 11.7. The van der Waals surface area contributed by atoms with Crippen LogP contribution in [0.25, 0.3) is 21.7 Å². The lowest BCUT2D eigenvalue weighted by Crippen LogP contribution is -2.44. The molecule has 1 aromatic heterocycles. The zero-order valence-electron chi connectivity index (χ0n) is 13.7. The van der Waals surface area contributed by atoms with Crippen molar-refractivity contribution in [2.24, 2.45) is 5.41 Å². The van der Waals surface area contributed by atoms with Crippen molar-refractivity contribution in [1.82, 2.24) is 0 Å². The van der Waals surface area contributed by atoms with Gasteiger partial charge in [-0.1, -0.05) is 0 Å². The first kappa shape index (κ1) is 14.8. The molecule has 1 aliphatic carbocycles. The van der Waals surface area contributed by atoms with Crippen LogP contribution in [0.5, 0.6) is 11.5 Å². The fourth-order valence-corrected chi connectivity index (χ4v) is 4.13. The summed E-state index contributed by atoms with van der Waals surface area (Å²) in [6.07, 6.45) is 3.32. The maximum Gasteiger partial charge on any atom is 0.344 e. The quantitative estimate of drug-likeness (QED) is 0.571. The van der Waals surface area contributed by atoms with E-state index in [0.29, 0.717) is 22.1 Å². The van der Waals surface area contributed by atoms with Crippen LogP contribution in [0.15, 0.2) is 45.6 Å². The van der Waals surface area contributed by atoms with E-state index >= 15 is 0 Å². The van der Waals surface area contributed by atoms with Crippen LogP contribution < -0.4 is 10.4 Å². The number of fused-ring (bicyclic) bond motifs is 3. The predicted octanol–water partition coefficient (Wildman–Crippen LogP) is 3.60. The molecule has 1 N–H and O–H groups in total.